The highest BCUT2D eigenvalue weighted by Gasteiger charge is 2.27. The number of nitrogens with zero attached hydrogens (tertiary/aromatic N) is 9. The van der Waals surface area contributed by atoms with Crippen LogP contribution in [-0.2, 0) is 56.5 Å². The predicted molar refractivity (Wildman–Crippen MR) is 265 cm³/mol. The van der Waals surface area contributed by atoms with Crippen LogP contribution in [-0.4, -0.2) is 69.6 Å². The molecule has 0 radical (unpaired) electrons. The number of hydrogen-bond acceptors (Lipinski definition) is 10. The topological polar surface area (TPSA) is 158 Å². The summed E-state index contributed by atoms with van der Waals surface area (Å²) in [4.78, 5) is 42.1. The molecular formula is C55H46F3N11O2. The zero-order chi connectivity index (χ0) is 48.5. The van der Waals surface area contributed by atoms with Crippen LogP contribution in [0.4, 0.5) is 25.1 Å². The number of fused-ring (bicyclic) bond motifs is 8. The van der Waals surface area contributed by atoms with Crippen LogP contribution in [0.15, 0.2) is 116 Å². The standard InChI is InChI=1S/C55H46F3N11O2/c1-71-47-10-5-9-43-50(47)64-54(59)68-29-39(62-52(43)68)25-35-22-34(23-36-27-67(19-16-41(35)36)48(70)21-31-11-13-44(56)46(58)20-31)42-12-14-45(57)51-49(42)53-63-38(30-69(53)55(60)65-51)24-32-6-4-7-33-26-66(18-15-40(32)33)28-37-8-2-3-17-61-37/h2-14,17,20,22-23,29-30H,15-16,18-19,21,24-28H2,1H3,(H2,59,64)(H2,60,65). The molecule has 5 aromatic heterocycles. The first-order valence-corrected chi connectivity index (χ1v) is 23.5. The summed E-state index contributed by atoms with van der Waals surface area (Å²) in [6.07, 6.45) is 7.83. The lowest BCUT2D eigenvalue weighted by Gasteiger charge is -2.31. The molecule has 0 saturated heterocycles. The van der Waals surface area contributed by atoms with Crippen molar-refractivity contribution < 1.29 is 22.7 Å². The summed E-state index contributed by atoms with van der Waals surface area (Å²) in [6, 6.07) is 28.9. The van der Waals surface area contributed by atoms with E-state index in [-0.39, 0.29) is 36.3 Å². The van der Waals surface area contributed by atoms with E-state index in [4.69, 9.17) is 26.2 Å². The van der Waals surface area contributed by atoms with E-state index >= 15 is 4.39 Å². The molecule has 13 nitrogen and oxygen atoms in total. The summed E-state index contributed by atoms with van der Waals surface area (Å²) >= 11 is 0. The molecular weight excluding hydrogens is 904 g/mol. The Morgan fingerprint density at radius 1 is 0.676 bits per heavy atom. The molecule has 0 atom stereocenters. The van der Waals surface area contributed by atoms with Gasteiger partial charge in [0, 0.05) is 69.5 Å². The predicted octanol–water partition coefficient (Wildman–Crippen LogP) is 8.60. The Kier molecular flexibility index (Phi) is 10.8. The van der Waals surface area contributed by atoms with Crippen molar-refractivity contribution in [3.63, 3.8) is 0 Å². The Morgan fingerprint density at radius 2 is 1.42 bits per heavy atom. The van der Waals surface area contributed by atoms with E-state index in [1.807, 2.05) is 55.0 Å². The average Bonchev–Trinajstić information content (AvgIpc) is 4.01. The molecule has 354 valence electrons. The lowest BCUT2D eigenvalue weighted by atomic mass is 9.87. The van der Waals surface area contributed by atoms with Gasteiger partial charge < -0.3 is 21.1 Å². The largest absolute Gasteiger partial charge is 0.494 e. The number of anilines is 2. The number of hydrogen-bond donors (Lipinski definition) is 2. The van der Waals surface area contributed by atoms with Gasteiger partial charge in [-0.3, -0.25) is 23.5 Å². The van der Waals surface area contributed by atoms with E-state index in [1.54, 1.807) is 26.9 Å². The first kappa shape index (κ1) is 43.9. The van der Waals surface area contributed by atoms with Gasteiger partial charge in [-0.15, -0.1) is 0 Å². The van der Waals surface area contributed by atoms with Crippen molar-refractivity contribution in [3.05, 3.63) is 189 Å². The Balaban J connectivity index is 0.942. The third-order valence-electron chi connectivity index (χ3n) is 14.0. The number of para-hydroxylation sites is 1. The van der Waals surface area contributed by atoms with E-state index in [9.17, 15) is 13.6 Å². The molecule has 5 aromatic carbocycles. The highest BCUT2D eigenvalue weighted by Crippen LogP contribution is 2.38. The van der Waals surface area contributed by atoms with E-state index < -0.39 is 17.5 Å². The van der Waals surface area contributed by atoms with Gasteiger partial charge >= 0.3 is 0 Å². The van der Waals surface area contributed by atoms with Gasteiger partial charge in [0.2, 0.25) is 17.8 Å². The van der Waals surface area contributed by atoms with Crippen molar-refractivity contribution in [1.82, 2.24) is 43.5 Å². The first-order chi connectivity index (χ1) is 34.5. The summed E-state index contributed by atoms with van der Waals surface area (Å²) in [6.45, 7) is 3.14. The molecule has 0 spiro atoms. The molecule has 0 saturated carbocycles. The molecule has 7 heterocycles. The number of halogens is 3. The van der Waals surface area contributed by atoms with Gasteiger partial charge in [-0.25, -0.2) is 33.1 Å². The van der Waals surface area contributed by atoms with E-state index in [1.165, 1.54) is 28.8 Å². The van der Waals surface area contributed by atoms with Crippen molar-refractivity contribution in [2.45, 2.75) is 51.7 Å². The van der Waals surface area contributed by atoms with Crippen LogP contribution in [0.5, 0.6) is 5.75 Å². The second-order valence-electron chi connectivity index (χ2n) is 18.4. The fourth-order valence-electron chi connectivity index (χ4n) is 10.6. The lowest BCUT2D eigenvalue weighted by Crippen LogP contribution is -2.37. The Bertz CT molecular complexity index is 3780. The Hall–Kier alpha value is -8.37. The number of benzene rings is 5. The fraction of sp³-hybridized carbons (Fsp3) is 0.200. The van der Waals surface area contributed by atoms with Gasteiger partial charge in [0.15, 0.2) is 11.6 Å². The molecule has 4 N–H and O–H groups in total. The van der Waals surface area contributed by atoms with Crippen LogP contribution in [0.25, 0.3) is 44.2 Å². The number of nitrogens with two attached hydrogens (primary N) is 2. The molecule has 2 aliphatic rings. The molecule has 16 heteroatoms. The maximum absolute atomic E-state index is 16.1. The highest BCUT2D eigenvalue weighted by molar-refractivity contribution is 6.04. The van der Waals surface area contributed by atoms with Crippen LogP contribution in [0.2, 0.25) is 0 Å². The third kappa shape index (κ3) is 7.99. The minimum atomic E-state index is -1.00. The summed E-state index contributed by atoms with van der Waals surface area (Å²) < 4.78 is 53.2. The normalized spacial score (nSPS) is 13.9. The quantitative estimate of drug-likeness (QED) is 0.136. The van der Waals surface area contributed by atoms with Crippen LogP contribution in [0.3, 0.4) is 0 Å². The number of carbonyl (C=O) groups is 1. The number of imidazole rings is 2. The zero-order valence-electron chi connectivity index (χ0n) is 38.7. The van der Waals surface area contributed by atoms with Crippen molar-refractivity contribution in [3.8, 4) is 16.9 Å². The minimum Gasteiger partial charge on any atom is -0.494 e. The second kappa shape index (κ2) is 17.5. The van der Waals surface area contributed by atoms with Gasteiger partial charge in [-0.05, 0) is 111 Å². The van der Waals surface area contributed by atoms with Crippen LogP contribution >= 0.6 is 0 Å². The van der Waals surface area contributed by atoms with Gasteiger partial charge in [-0.2, -0.15) is 0 Å². The van der Waals surface area contributed by atoms with Crippen LogP contribution in [0.1, 0.15) is 56.0 Å². The summed E-state index contributed by atoms with van der Waals surface area (Å²) in [5.41, 5.74) is 25.9. The van der Waals surface area contributed by atoms with Gasteiger partial charge in [0.1, 0.15) is 33.9 Å². The molecule has 2 aliphatic heterocycles. The fourth-order valence-corrected chi connectivity index (χ4v) is 10.6. The highest BCUT2D eigenvalue weighted by atomic mass is 19.2. The zero-order valence-corrected chi connectivity index (χ0v) is 38.7. The van der Waals surface area contributed by atoms with E-state index in [0.717, 1.165) is 82.9 Å². The van der Waals surface area contributed by atoms with Crippen molar-refractivity contribution in [1.29, 1.82) is 0 Å². The van der Waals surface area contributed by atoms with Crippen molar-refractivity contribution in [2.75, 3.05) is 31.7 Å². The van der Waals surface area contributed by atoms with E-state index in [2.05, 4.69) is 50.2 Å². The SMILES string of the molecule is COc1cccc2c1nc(N)n1cc(Cc3cc(-c4ccc(F)c5nc(N)n6cc(Cc7cccc8c7CCN(Cc7ccccn7)C8)nc6c45)cc4c3CCN(C(=O)Cc3ccc(F)c(F)c3)C4)nc21. The first-order valence-electron chi connectivity index (χ1n) is 23.5. The number of nitrogen functional groups attached to an aromatic ring is 2. The maximum Gasteiger partial charge on any atom is 0.227 e. The van der Waals surface area contributed by atoms with Gasteiger partial charge in [-0.1, -0.05) is 48.5 Å². The number of ether oxygens (including phenoxy) is 1. The molecule has 12 rings (SSSR count). The number of aromatic nitrogens is 7. The Morgan fingerprint density at radius 3 is 2.23 bits per heavy atom. The number of methoxy groups -OCH3 is 1. The van der Waals surface area contributed by atoms with Gasteiger partial charge in [0.25, 0.3) is 0 Å². The average molecular weight is 950 g/mol. The summed E-state index contributed by atoms with van der Waals surface area (Å²) in [5.74, 6) is -1.80. The smallest absolute Gasteiger partial charge is 0.227 e. The molecule has 71 heavy (non-hydrogen) atoms. The summed E-state index contributed by atoms with van der Waals surface area (Å²) in [5, 5.41) is 1.27. The number of rotatable bonds is 10. The molecule has 1 amide bonds. The number of amides is 1. The van der Waals surface area contributed by atoms with Crippen molar-refractivity contribution >= 4 is 50.9 Å². The van der Waals surface area contributed by atoms with Crippen LogP contribution < -0.4 is 16.2 Å². The minimum absolute atomic E-state index is 0.0861. The monoisotopic (exact) mass is 949 g/mol. The molecule has 0 fully saturated rings. The maximum atomic E-state index is 16.1. The Labute approximate surface area is 405 Å². The number of carbonyl (C=O) groups excluding carboxylic acids is 1. The molecule has 0 unspecified atom stereocenters. The second-order valence-corrected chi connectivity index (χ2v) is 18.4. The summed E-state index contributed by atoms with van der Waals surface area (Å²) in [7, 11) is 1.59. The lowest BCUT2D eigenvalue weighted by molar-refractivity contribution is -0.131. The molecule has 0 aliphatic carbocycles. The number of pyridine rings is 1. The van der Waals surface area contributed by atoms with Gasteiger partial charge in [0.05, 0.1) is 36.0 Å². The molecule has 0 bridgehead atoms. The van der Waals surface area contributed by atoms with E-state index in [0.29, 0.717) is 64.9 Å². The third-order valence-corrected chi connectivity index (χ3v) is 14.0. The van der Waals surface area contributed by atoms with Crippen molar-refractivity contribution in [2.24, 2.45) is 0 Å². The van der Waals surface area contributed by atoms with Crippen LogP contribution in [0, 0.1) is 17.5 Å². The molecule has 10 aromatic rings.